The molecule has 0 amide bonds. The first-order valence-corrected chi connectivity index (χ1v) is 3.75. The van der Waals surface area contributed by atoms with Crippen LogP contribution in [0.15, 0.2) is 16.2 Å². The van der Waals surface area contributed by atoms with Crippen LogP contribution in [0.2, 0.25) is 0 Å². The fraction of sp³-hybridized carbons (Fsp3) is 0.250. The van der Waals surface area contributed by atoms with E-state index in [0.29, 0.717) is 0 Å². The number of hydrogen-bond acceptors (Lipinski definition) is 4. The zero-order chi connectivity index (χ0) is 7.78. The molecule has 0 saturated carbocycles. The van der Waals surface area contributed by atoms with Crippen LogP contribution in [0.3, 0.4) is 0 Å². The third-order valence-corrected chi connectivity index (χ3v) is 1.61. The van der Waals surface area contributed by atoms with Gasteiger partial charge < -0.3 is 9.29 Å². The van der Waals surface area contributed by atoms with Gasteiger partial charge in [-0.25, -0.2) is 0 Å². The van der Waals surface area contributed by atoms with Crippen LogP contribution in [0.25, 0.3) is 0 Å². The predicted octanol–water partition coefficient (Wildman–Crippen LogP) is -1.08. The van der Waals surface area contributed by atoms with Crippen molar-refractivity contribution >= 4 is 16.2 Å². The molecule has 1 aliphatic rings. The first kappa shape index (κ1) is 7.07. The van der Waals surface area contributed by atoms with Crippen LogP contribution in [0.1, 0.15) is 6.92 Å². The van der Waals surface area contributed by atoms with Gasteiger partial charge in [0.05, 0.1) is 0 Å². The molecule has 0 fully saturated rings. The Hall–Kier alpha value is -1.04. The monoisotopic (exact) mass is 162 g/mol. The van der Waals surface area contributed by atoms with E-state index in [4.69, 9.17) is 0 Å². The number of hydrogen-bond donors (Lipinski definition) is 0. The highest BCUT2D eigenvalue weighted by atomic mass is 32.2. The Morgan fingerprint density at radius 2 is 2.30 bits per heavy atom. The molecule has 56 valence electrons. The molecule has 1 aliphatic heterocycles. The fourth-order valence-electron chi connectivity index (χ4n) is 0.378. The van der Waals surface area contributed by atoms with Gasteiger partial charge in [0.2, 0.25) is 0 Å². The predicted molar refractivity (Wildman–Crippen MR) is 31.2 cm³/mol. The first-order chi connectivity index (χ1) is 4.51. The Morgan fingerprint density at radius 3 is 2.70 bits per heavy atom. The second-order valence-electron chi connectivity index (χ2n) is 1.72. The summed E-state index contributed by atoms with van der Waals surface area (Å²) in [6, 6.07) is 0. The van der Waals surface area contributed by atoms with Crippen LogP contribution in [0.4, 0.5) is 0 Å². The Bertz CT molecular complexity index is 299. The minimum atomic E-state index is -3.97. The van der Waals surface area contributed by atoms with Gasteiger partial charge in [-0.15, -0.1) is 4.40 Å². The average molecular weight is 162 g/mol. The van der Waals surface area contributed by atoms with E-state index in [1.54, 1.807) is 0 Å². The molecular formula is C4H4NO4S-. The van der Waals surface area contributed by atoms with Crippen LogP contribution in [0.5, 0.6) is 0 Å². The Kier molecular flexibility index (Phi) is 1.40. The van der Waals surface area contributed by atoms with Crippen molar-refractivity contribution in [2.45, 2.75) is 6.92 Å². The molecule has 0 saturated heterocycles. The minimum absolute atomic E-state index is 0.176. The van der Waals surface area contributed by atoms with Crippen LogP contribution in [-0.2, 0) is 14.5 Å². The summed E-state index contributed by atoms with van der Waals surface area (Å²) in [5.41, 5.74) is 0.176. The van der Waals surface area contributed by atoms with Crippen molar-refractivity contribution in [3.8, 4) is 0 Å². The summed E-state index contributed by atoms with van der Waals surface area (Å²) in [7, 11) is -3.97. The van der Waals surface area contributed by atoms with E-state index in [0.717, 1.165) is 6.26 Å². The van der Waals surface area contributed by atoms with E-state index in [9.17, 15) is 13.5 Å². The molecule has 5 nitrogen and oxygen atoms in total. The third-order valence-electron chi connectivity index (χ3n) is 0.879. The van der Waals surface area contributed by atoms with Gasteiger partial charge >= 0.3 is 10.3 Å². The molecule has 0 radical (unpaired) electrons. The van der Waals surface area contributed by atoms with Crippen molar-refractivity contribution in [1.29, 1.82) is 0 Å². The lowest BCUT2D eigenvalue weighted by molar-refractivity contribution is -0.213. The van der Waals surface area contributed by atoms with Crippen LogP contribution >= 0.6 is 0 Å². The molecule has 0 atom stereocenters. The summed E-state index contributed by atoms with van der Waals surface area (Å²) >= 11 is 0. The molecule has 1 heterocycles. The Morgan fingerprint density at radius 1 is 1.70 bits per heavy atom. The van der Waals surface area contributed by atoms with E-state index in [2.05, 4.69) is 8.58 Å². The summed E-state index contributed by atoms with van der Waals surface area (Å²) in [5, 5.41) is 10.5. The van der Waals surface area contributed by atoms with Gasteiger partial charge in [0.1, 0.15) is 6.26 Å². The van der Waals surface area contributed by atoms with Crippen molar-refractivity contribution in [3.63, 3.8) is 0 Å². The summed E-state index contributed by atoms with van der Waals surface area (Å²) < 4.78 is 27.5. The maximum Gasteiger partial charge on any atom is 0.427 e. The molecule has 0 spiro atoms. The van der Waals surface area contributed by atoms with Gasteiger partial charge in [-0.2, -0.15) is 8.42 Å². The molecule has 0 N–H and O–H groups in total. The lowest BCUT2D eigenvalue weighted by Gasteiger charge is -2.13. The standard InChI is InChI=1S/C4H5NO4S/c1-3-2-9-10(7,8)5-4(3)6/h2H,1H3,(H,5,6)/p-1. The van der Waals surface area contributed by atoms with Gasteiger partial charge in [0, 0.05) is 5.90 Å². The maximum atomic E-state index is 10.5. The number of rotatable bonds is 0. The fourth-order valence-corrected chi connectivity index (χ4v) is 1.03. The van der Waals surface area contributed by atoms with E-state index in [-0.39, 0.29) is 5.57 Å². The summed E-state index contributed by atoms with van der Waals surface area (Å²) in [5.74, 6) is -0.772. The SMILES string of the molecule is CC1=COS(=O)(=O)N=C1[O-]. The van der Waals surface area contributed by atoms with E-state index in [1.165, 1.54) is 6.92 Å². The average Bonchev–Trinajstić information content (AvgIpc) is 1.79. The Labute approximate surface area is 57.9 Å². The highest BCUT2D eigenvalue weighted by Gasteiger charge is 2.11. The third kappa shape index (κ3) is 1.27. The van der Waals surface area contributed by atoms with Gasteiger partial charge in [0.15, 0.2) is 0 Å². The zero-order valence-corrected chi connectivity index (χ0v) is 5.88. The van der Waals surface area contributed by atoms with Gasteiger partial charge in [-0.1, -0.05) is 0 Å². The molecule has 0 bridgehead atoms. The van der Waals surface area contributed by atoms with Crippen molar-refractivity contribution in [3.05, 3.63) is 11.8 Å². The van der Waals surface area contributed by atoms with Crippen LogP contribution in [0, 0.1) is 0 Å². The zero-order valence-electron chi connectivity index (χ0n) is 5.07. The molecule has 6 heteroatoms. The normalized spacial score (nSPS) is 22.5. The number of nitrogens with zero attached hydrogens (tertiary/aromatic N) is 1. The van der Waals surface area contributed by atoms with E-state index in [1.807, 2.05) is 0 Å². The van der Waals surface area contributed by atoms with Gasteiger partial charge in [0.25, 0.3) is 0 Å². The maximum absolute atomic E-state index is 10.5. The molecule has 0 aliphatic carbocycles. The Balaban J connectivity index is 3.10. The molecule has 0 aromatic carbocycles. The van der Waals surface area contributed by atoms with E-state index < -0.39 is 16.2 Å². The lowest BCUT2D eigenvalue weighted by Crippen LogP contribution is -2.24. The van der Waals surface area contributed by atoms with Crippen LogP contribution < -0.4 is 5.11 Å². The second-order valence-corrected chi connectivity index (χ2v) is 2.95. The molecule has 10 heavy (non-hydrogen) atoms. The summed E-state index contributed by atoms with van der Waals surface area (Å²) in [6.07, 6.45) is 0.866. The molecule has 1 rings (SSSR count). The largest absolute Gasteiger partial charge is 0.858 e. The van der Waals surface area contributed by atoms with Crippen molar-refractivity contribution in [2.75, 3.05) is 0 Å². The van der Waals surface area contributed by atoms with Gasteiger partial charge in [-0.3, -0.25) is 0 Å². The van der Waals surface area contributed by atoms with Crippen molar-refractivity contribution < 1.29 is 17.7 Å². The summed E-state index contributed by atoms with van der Waals surface area (Å²) in [4.78, 5) is 0. The van der Waals surface area contributed by atoms with Gasteiger partial charge in [-0.05, 0) is 12.5 Å². The molecule has 0 aromatic rings. The van der Waals surface area contributed by atoms with Crippen molar-refractivity contribution in [1.82, 2.24) is 0 Å². The highest BCUT2D eigenvalue weighted by molar-refractivity contribution is 7.85. The topological polar surface area (TPSA) is 78.8 Å². The van der Waals surface area contributed by atoms with Crippen LogP contribution in [-0.4, -0.2) is 14.3 Å². The highest BCUT2D eigenvalue weighted by Crippen LogP contribution is 2.07. The van der Waals surface area contributed by atoms with Crippen molar-refractivity contribution in [2.24, 2.45) is 4.40 Å². The summed E-state index contributed by atoms with van der Waals surface area (Å²) in [6.45, 7) is 1.42. The second kappa shape index (κ2) is 1.98. The first-order valence-electron chi connectivity index (χ1n) is 2.38. The van der Waals surface area contributed by atoms with E-state index >= 15 is 0 Å². The molecule has 0 unspecified atom stereocenters. The lowest BCUT2D eigenvalue weighted by atomic mass is 10.3. The minimum Gasteiger partial charge on any atom is -0.858 e. The smallest absolute Gasteiger partial charge is 0.427 e. The molecule has 0 aromatic heterocycles. The molecular weight excluding hydrogens is 158 g/mol. The quantitative estimate of drug-likeness (QED) is 0.454.